The molecule has 0 saturated heterocycles. The highest BCUT2D eigenvalue weighted by Gasteiger charge is 2.42. The van der Waals surface area contributed by atoms with Crippen LogP contribution in [0.3, 0.4) is 0 Å². The molecule has 1 nitrogen and oxygen atoms in total. The SMILES string of the molecule is CC(C)(C)NCCC(F)(F)C(C)(C)C. The van der Waals surface area contributed by atoms with Gasteiger partial charge in [-0.15, -0.1) is 0 Å². The van der Waals surface area contributed by atoms with E-state index in [1.54, 1.807) is 20.8 Å². The predicted molar refractivity (Wildman–Crippen MR) is 56.8 cm³/mol. The van der Waals surface area contributed by atoms with Crippen molar-refractivity contribution >= 4 is 0 Å². The first-order chi connectivity index (χ1) is 5.96. The predicted octanol–water partition coefficient (Wildman–Crippen LogP) is 3.45. The zero-order valence-corrected chi connectivity index (χ0v) is 10.2. The molecule has 0 aliphatic heterocycles. The molecule has 0 aliphatic carbocycles. The van der Waals surface area contributed by atoms with E-state index in [-0.39, 0.29) is 12.0 Å². The van der Waals surface area contributed by atoms with Crippen LogP contribution in [-0.4, -0.2) is 18.0 Å². The molecular formula is C11H23F2N. The molecule has 0 fully saturated rings. The maximum Gasteiger partial charge on any atom is 0.254 e. The Morgan fingerprint density at radius 1 is 0.929 bits per heavy atom. The third-order valence-electron chi connectivity index (χ3n) is 2.19. The van der Waals surface area contributed by atoms with Gasteiger partial charge < -0.3 is 5.32 Å². The minimum Gasteiger partial charge on any atom is -0.312 e. The van der Waals surface area contributed by atoms with E-state index >= 15 is 0 Å². The Balaban J connectivity index is 4.02. The van der Waals surface area contributed by atoms with Gasteiger partial charge in [-0.25, -0.2) is 8.78 Å². The number of alkyl halides is 2. The molecule has 14 heavy (non-hydrogen) atoms. The van der Waals surface area contributed by atoms with Crippen molar-refractivity contribution in [1.29, 1.82) is 0 Å². The van der Waals surface area contributed by atoms with Crippen LogP contribution in [0.5, 0.6) is 0 Å². The molecule has 0 bridgehead atoms. The molecule has 3 heteroatoms. The third-order valence-corrected chi connectivity index (χ3v) is 2.19. The topological polar surface area (TPSA) is 12.0 Å². The Hall–Kier alpha value is -0.180. The summed E-state index contributed by atoms with van der Waals surface area (Å²) in [5.74, 6) is -2.61. The molecule has 0 spiro atoms. The summed E-state index contributed by atoms with van der Waals surface area (Å²) in [6, 6.07) is 0. The number of hydrogen-bond donors (Lipinski definition) is 1. The standard InChI is InChI=1S/C11H23F2N/c1-9(2,3)11(12,13)7-8-14-10(4,5)6/h14H,7-8H2,1-6H3. The van der Waals surface area contributed by atoms with Crippen LogP contribution in [0.2, 0.25) is 0 Å². The summed E-state index contributed by atoms with van der Waals surface area (Å²) < 4.78 is 26.9. The quantitative estimate of drug-likeness (QED) is 0.747. The van der Waals surface area contributed by atoms with E-state index in [0.29, 0.717) is 6.54 Å². The van der Waals surface area contributed by atoms with Crippen molar-refractivity contribution in [3.63, 3.8) is 0 Å². The zero-order chi connectivity index (χ0) is 11.6. The Morgan fingerprint density at radius 3 is 1.64 bits per heavy atom. The lowest BCUT2D eigenvalue weighted by molar-refractivity contribution is -0.102. The Labute approximate surface area is 86.3 Å². The smallest absolute Gasteiger partial charge is 0.254 e. The van der Waals surface area contributed by atoms with E-state index in [2.05, 4.69) is 5.32 Å². The first-order valence-electron chi connectivity index (χ1n) is 5.09. The molecule has 0 aliphatic rings. The average Bonchev–Trinajstić information content (AvgIpc) is 1.80. The van der Waals surface area contributed by atoms with Gasteiger partial charge in [0.25, 0.3) is 5.92 Å². The summed E-state index contributed by atoms with van der Waals surface area (Å²) >= 11 is 0. The van der Waals surface area contributed by atoms with Gasteiger partial charge in [-0.05, 0) is 20.8 Å². The van der Waals surface area contributed by atoms with E-state index in [1.807, 2.05) is 20.8 Å². The summed E-state index contributed by atoms with van der Waals surface area (Å²) in [4.78, 5) is 0. The largest absolute Gasteiger partial charge is 0.312 e. The van der Waals surface area contributed by atoms with E-state index in [0.717, 1.165) is 0 Å². The van der Waals surface area contributed by atoms with Crippen LogP contribution in [0.25, 0.3) is 0 Å². The third kappa shape index (κ3) is 4.89. The molecular weight excluding hydrogens is 184 g/mol. The average molecular weight is 207 g/mol. The van der Waals surface area contributed by atoms with E-state index in [1.165, 1.54) is 0 Å². The first kappa shape index (κ1) is 13.8. The van der Waals surface area contributed by atoms with E-state index in [9.17, 15) is 8.78 Å². The lowest BCUT2D eigenvalue weighted by atomic mass is 9.86. The van der Waals surface area contributed by atoms with E-state index in [4.69, 9.17) is 0 Å². The molecule has 0 unspecified atom stereocenters. The minimum atomic E-state index is -2.61. The van der Waals surface area contributed by atoms with Crippen LogP contribution in [0.1, 0.15) is 48.0 Å². The number of hydrogen-bond acceptors (Lipinski definition) is 1. The van der Waals surface area contributed by atoms with Gasteiger partial charge in [0, 0.05) is 23.9 Å². The second-order valence-corrected chi connectivity index (χ2v) is 5.88. The van der Waals surface area contributed by atoms with Crippen LogP contribution in [0.4, 0.5) is 8.78 Å². The second kappa shape index (κ2) is 4.13. The molecule has 0 heterocycles. The van der Waals surface area contributed by atoms with Crippen LogP contribution in [0.15, 0.2) is 0 Å². The number of halogens is 2. The van der Waals surface area contributed by atoms with Gasteiger partial charge in [-0.2, -0.15) is 0 Å². The molecule has 0 aromatic carbocycles. The summed E-state index contributed by atoms with van der Waals surface area (Å²) in [5, 5.41) is 3.07. The van der Waals surface area contributed by atoms with Crippen LogP contribution < -0.4 is 5.32 Å². The van der Waals surface area contributed by atoms with Crippen molar-refractivity contribution in [2.45, 2.75) is 59.4 Å². The molecule has 1 N–H and O–H groups in total. The lowest BCUT2D eigenvalue weighted by Crippen LogP contribution is -2.42. The molecule has 0 radical (unpaired) electrons. The monoisotopic (exact) mass is 207 g/mol. The molecule has 0 amide bonds. The maximum absolute atomic E-state index is 13.5. The highest BCUT2D eigenvalue weighted by Crippen LogP contribution is 2.37. The highest BCUT2D eigenvalue weighted by atomic mass is 19.3. The van der Waals surface area contributed by atoms with Crippen molar-refractivity contribution in [3.05, 3.63) is 0 Å². The molecule has 0 rings (SSSR count). The molecule has 0 aromatic rings. The molecule has 0 atom stereocenters. The van der Waals surface area contributed by atoms with Crippen LogP contribution >= 0.6 is 0 Å². The minimum absolute atomic E-state index is 0.0893. The van der Waals surface area contributed by atoms with Gasteiger partial charge >= 0.3 is 0 Å². The maximum atomic E-state index is 13.5. The number of nitrogens with one attached hydrogen (secondary N) is 1. The normalized spacial score (nSPS) is 14.6. The van der Waals surface area contributed by atoms with Gasteiger partial charge in [-0.1, -0.05) is 20.8 Å². The lowest BCUT2D eigenvalue weighted by Gasteiger charge is -2.31. The fourth-order valence-electron chi connectivity index (χ4n) is 0.969. The van der Waals surface area contributed by atoms with Crippen molar-refractivity contribution in [1.82, 2.24) is 5.32 Å². The van der Waals surface area contributed by atoms with Gasteiger partial charge in [0.15, 0.2) is 0 Å². The fraction of sp³-hybridized carbons (Fsp3) is 1.00. The van der Waals surface area contributed by atoms with Crippen molar-refractivity contribution in [2.24, 2.45) is 5.41 Å². The summed E-state index contributed by atoms with van der Waals surface area (Å²) in [5.41, 5.74) is -1.04. The Morgan fingerprint density at radius 2 is 1.36 bits per heavy atom. The van der Waals surface area contributed by atoms with Gasteiger partial charge in [0.1, 0.15) is 0 Å². The first-order valence-corrected chi connectivity index (χ1v) is 5.09. The van der Waals surface area contributed by atoms with Crippen molar-refractivity contribution in [3.8, 4) is 0 Å². The van der Waals surface area contributed by atoms with Crippen molar-refractivity contribution in [2.75, 3.05) is 6.54 Å². The Kier molecular flexibility index (Phi) is 4.08. The van der Waals surface area contributed by atoms with Crippen LogP contribution in [-0.2, 0) is 0 Å². The fourth-order valence-corrected chi connectivity index (χ4v) is 0.969. The Bertz CT molecular complexity index is 175. The van der Waals surface area contributed by atoms with Crippen molar-refractivity contribution < 1.29 is 8.78 Å². The van der Waals surface area contributed by atoms with Gasteiger partial charge in [0.2, 0.25) is 0 Å². The molecule has 0 saturated carbocycles. The summed E-state index contributed by atoms with van der Waals surface area (Å²) in [7, 11) is 0. The number of rotatable bonds is 3. The zero-order valence-electron chi connectivity index (χ0n) is 10.2. The van der Waals surface area contributed by atoms with Gasteiger partial charge in [0.05, 0.1) is 0 Å². The van der Waals surface area contributed by atoms with Crippen LogP contribution in [0, 0.1) is 5.41 Å². The second-order valence-electron chi connectivity index (χ2n) is 5.88. The summed E-state index contributed by atoms with van der Waals surface area (Å²) in [6.07, 6.45) is -0.103. The highest BCUT2D eigenvalue weighted by molar-refractivity contribution is 4.83. The molecule has 86 valence electrons. The summed E-state index contributed by atoms with van der Waals surface area (Å²) in [6.45, 7) is 11.0. The van der Waals surface area contributed by atoms with E-state index < -0.39 is 11.3 Å². The molecule has 0 aromatic heterocycles. The van der Waals surface area contributed by atoms with Gasteiger partial charge in [-0.3, -0.25) is 0 Å².